The van der Waals surface area contributed by atoms with Gasteiger partial charge in [-0.05, 0) is 115 Å². The summed E-state index contributed by atoms with van der Waals surface area (Å²) >= 11 is 3.86. The van der Waals surface area contributed by atoms with E-state index in [4.69, 9.17) is 0 Å². The van der Waals surface area contributed by atoms with Crippen LogP contribution >= 0.6 is 22.7 Å². The number of fused-ring (bicyclic) bond motifs is 17. The highest BCUT2D eigenvalue weighted by atomic mass is 32.1. The molecule has 0 saturated carbocycles. The van der Waals surface area contributed by atoms with Crippen LogP contribution in [0.1, 0.15) is 77.6 Å². The third-order valence-electron chi connectivity index (χ3n) is 15.3. The molecule has 0 spiro atoms. The molecule has 3 aromatic heterocycles. The number of benzene rings is 8. The zero-order valence-corrected chi connectivity index (χ0v) is 39.2. The second-order valence-corrected chi connectivity index (χ2v) is 23.5. The summed E-state index contributed by atoms with van der Waals surface area (Å²) in [6, 6.07) is 55.0. The van der Waals surface area contributed by atoms with Crippen LogP contribution in [0, 0.1) is 0 Å². The molecule has 2 nitrogen and oxygen atoms in total. The molecule has 5 heterocycles. The number of aromatic nitrogens is 1. The van der Waals surface area contributed by atoms with Gasteiger partial charge in [0.15, 0.2) is 0 Å². The second kappa shape index (κ2) is 12.1. The molecule has 0 fully saturated rings. The summed E-state index contributed by atoms with van der Waals surface area (Å²) in [5.41, 5.74) is 20.1. The molecule has 1 aliphatic carbocycles. The molecule has 0 amide bonds. The molecule has 0 unspecified atom stereocenters. The molecule has 11 aromatic rings. The van der Waals surface area contributed by atoms with Gasteiger partial charge in [-0.1, -0.05) is 140 Å². The van der Waals surface area contributed by atoms with Crippen LogP contribution in [0.25, 0.3) is 90.1 Å². The highest BCUT2D eigenvalue weighted by Crippen LogP contribution is 2.53. The Bertz CT molecular complexity index is 3900. The molecule has 3 aliphatic rings. The van der Waals surface area contributed by atoms with Crippen LogP contribution in [0.5, 0.6) is 0 Å². The van der Waals surface area contributed by atoms with Gasteiger partial charge in [-0.2, -0.15) is 0 Å². The molecule has 0 bridgehead atoms. The zero-order chi connectivity index (χ0) is 43.3. The Kier molecular flexibility index (Phi) is 7.07. The number of thiophene rings is 2. The van der Waals surface area contributed by atoms with Crippen molar-refractivity contribution >= 4 is 114 Å². The predicted octanol–water partition coefficient (Wildman–Crippen LogP) is 15.7. The van der Waals surface area contributed by atoms with E-state index < -0.39 is 0 Å². The number of hydrogen-bond acceptors (Lipinski definition) is 3. The van der Waals surface area contributed by atoms with Gasteiger partial charge in [0.05, 0.1) is 11.0 Å². The number of nitrogens with zero attached hydrogens (tertiary/aromatic N) is 2. The molecule has 0 N–H and O–H groups in total. The van der Waals surface area contributed by atoms with Crippen molar-refractivity contribution in [2.24, 2.45) is 0 Å². The first-order valence-electron chi connectivity index (χ1n) is 22.9. The fourth-order valence-electron chi connectivity index (χ4n) is 11.9. The highest BCUT2D eigenvalue weighted by molar-refractivity contribution is 7.26. The SMILES string of the molecule is CC(C)(C)c1ccc(N2B3c4cc5c(cc4-n4c6cc7c(cc6c6ccc(c3c64)-c3cc4c(cc32)sc2cc(C(C)(C)C)ccc24)-c2ccccc2C7(C)C)sc2ccccc25)cc1. The van der Waals surface area contributed by atoms with Crippen molar-refractivity contribution in [1.29, 1.82) is 0 Å². The molecule has 2 aliphatic heterocycles. The van der Waals surface area contributed by atoms with E-state index >= 15 is 0 Å². The fraction of sp³-hybridized carbons (Fsp3) is 0.186. The first-order chi connectivity index (χ1) is 30.7. The molecule has 308 valence electrons. The maximum absolute atomic E-state index is 2.72. The van der Waals surface area contributed by atoms with Gasteiger partial charge in [0.1, 0.15) is 0 Å². The average molecular weight is 859 g/mol. The van der Waals surface area contributed by atoms with Crippen LogP contribution in [0.3, 0.4) is 0 Å². The molecular weight excluding hydrogens is 812 g/mol. The Morgan fingerprint density at radius 1 is 0.469 bits per heavy atom. The van der Waals surface area contributed by atoms with Crippen LogP contribution in [0.15, 0.2) is 140 Å². The van der Waals surface area contributed by atoms with Crippen LogP contribution in [-0.4, -0.2) is 11.4 Å². The Hall–Kier alpha value is -6.14. The lowest BCUT2D eigenvalue weighted by atomic mass is 9.44. The first kappa shape index (κ1) is 37.3. The van der Waals surface area contributed by atoms with Crippen LogP contribution in [0.2, 0.25) is 0 Å². The standard InChI is InChI=1S/C59H47BN2S2/c1-57(2,3)32-17-20-34(21-18-32)62-49-30-53-43(37-22-19-33(58(4,5)6)25-52(37)64-53)27-41(49)38-23-24-39-42-26-40-35-13-9-11-15-45(35)59(7,8)46(40)29-48(42)61-50-31-54-44(36-14-10-12-16-51(36)63-54)28-47(50)60(62)55(38)56(39)61/h9-31H,1-8H3. The van der Waals surface area contributed by atoms with Crippen LogP contribution in [0.4, 0.5) is 11.4 Å². The number of rotatable bonds is 1. The van der Waals surface area contributed by atoms with E-state index in [1.807, 2.05) is 22.7 Å². The quantitative estimate of drug-likeness (QED) is 0.149. The monoisotopic (exact) mass is 858 g/mol. The van der Waals surface area contributed by atoms with E-state index in [1.54, 1.807) is 0 Å². The van der Waals surface area contributed by atoms with Crippen LogP contribution in [-0.2, 0) is 16.2 Å². The molecule has 14 rings (SSSR count). The summed E-state index contributed by atoms with van der Waals surface area (Å²) in [5.74, 6) is 0. The Balaban J connectivity index is 1.14. The zero-order valence-electron chi connectivity index (χ0n) is 37.6. The molecular formula is C59H47BN2S2. The van der Waals surface area contributed by atoms with E-state index in [1.165, 1.54) is 135 Å². The minimum absolute atomic E-state index is 0.0472. The van der Waals surface area contributed by atoms with Gasteiger partial charge in [-0.3, -0.25) is 0 Å². The average Bonchev–Trinajstić information content (AvgIpc) is 3.99. The summed E-state index contributed by atoms with van der Waals surface area (Å²) in [4.78, 5) is 2.72. The van der Waals surface area contributed by atoms with Gasteiger partial charge < -0.3 is 9.38 Å². The second-order valence-electron chi connectivity index (χ2n) is 21.3. The van der Waals surface area contributed by atoms with Gasteiger partial charge in [-0.15, -0.1) is 22.7 Å². The van der Waals surface area contributed by atoms with E-state index in [-0.39, 0.29) is 23.1 Å². The van der Waals surface area contributed by atoms with Gasteiger partial charge in [0.2, 0.25) is 0 Å². The smallest absolute Gasteiger partial charge is 0.333 e. The van der Waals surface area contributed by atoms with Gasteiger partial charge in [0.25, 0.3) is 0 Å². The Morgan fingerprint density at radius 2 is 1.11 bits per heavy atom. The summed E-state index contributed by atoms with van der Waals surface area (Å²) in [6.45, 7) is 18.7. The lowest BCUT2D eigenvalue weighted by Gasteiger charge is -2.42. The van der Waals surface area contributed by atoms with Gasteiger partial charge in [-0.25, -0.2) is 0 Å². The van der Waals surface area contributed by atoms with Crippen molar-refractivity contribution in [3.05, 3.63) is 162 Å². The number of anilines is 2. The minimum atomic E-state index is -0.108. The lowest BCUT2D eigenvalue weighted by Crippen LogP contribution is -2.60. The third-order valence-corrected chi connectivity index (χ3v) is 17.5. The van der Waals surface area contributed by atoms with Crippen molar-refractivity contribution in [2.75, 3.05) is 4.81 Å². The predicted molar refractivity (Wildman–Crippen MR) is 281 cm³/mol. The van der Waals surface area contributed by atoms with Crippen molar-refractivity contribution in [3.63, 3.8) is 0 Å². The normalized spacial score (nSPS) is 14.9. The summed E-state index contributed by atoms with van der Waals surface area (Å²) in [6.07, 6.45) is 0. The topological polar surface area (TPSA) is 8.17 Å². The van der Waals surface area contributed by atoms with E-state index in [0.29, 0.717) is 0 Å². The molecule has 5 heteroatoms. The summed E-state index contributed by atoms with van der Waals surface area (Å²) < 4.78 is 8.04. The van der Waals surface area contributed by atoms with Crippen molar-refractivity contribution in [2.45, 2.75) is 71.6 Å². The highest BCUT2D eigenvalue weighted by Gasteiger charge is 2.45. The lowest BCUT2D eigenvalue weighted by molar-refractivity contribution is 0.590. The largest absolute Gasteiger partial charge is 0.376 e. The first-order valence-corrected chi connectivity index (χ1v) is 24.5. The Morgan fingerprint density at radius 3 is 1.91 bits per heavy atom. The molecule has 0 atom stereocenters. The van der Waals surface area contributed by atoms with Crippen molar-refractivity contribution in [3.8, 4) is 27.9 Å². The Labute approximate surface area is 382 Å². The molecule has 64 heavy (non-hydrogen) atoms. The summed E-state index contributed by atoms with van der Waals surface area (Å²) in [5, 5.41) is 8.02. The van der Waals surface area contributed by atoms with E-state index in [2.05, 4.69) is 204 Å². The molecule has 8 aromatic carbocycles. The van der Waals surface area contributed by atoms with Crippen molar-refractivity contribution in [1.82, 2.24) is 4.57 Å². The van der Waals surface area contributed by atoms with Gasteiger partial charge in [0, 0.05) is 79.2 Å². The minimum Gasteiger partial charge on any atom is -0.376 e. The molecule has 0 saturated heterocycles. The van der Waals surface area contributed by atoms with E-state index in [0.717, 1.165) is 0 Å². The van der Waals surface area contributed by atoms with Crippen molar-refractivity contribution < 1.29 is 0 Å². The summed E-state index contributed by atoms with van der Waals surface area (Å²) in [7, 11) is 0. The van der Waals surface area contributed by atoms with Crippen LogP contribution < -0.4 is 15.7 Å². The third kappa shape index (κ3) is 4.76. The van der Waals surface area contributed by atoms with Gasteiger partial charge >= 0.3 is 6.85 Å². The maximum Gasteiger partial charge on any atom is 0.333 e. The number of hydrogen-bond donors (Lipinski definition) is 0. The maximum atomic E-state index is 2.72. The fourth-order valence-corrected chi connectivity index (χ4v) is 14.2. The van der Waals surface area contributed by atoms with E-state index in [9.17, 15) is 0 Å². The molecule has 0 radical (unpaired) electrons.